The van der Waals surface area contributed by atoms with E-state index in [1.807, 2.05) is 0 Å². The van der Waals surface area contributed by atoms with Gasteiger partial charge in [0, 0.05) is 11.4 Å². The molecule has 0 aliphatic heterocycles. The van der Waals surface area contributed by atoms with Gasteiger partial charge in [-0.05, 0) is 30.6 Å². The van der Waals surface area contributed by atoms with Crippen molar-refractivity contribution in [1.29, 1.82) is 0 Å². The SMILES string of the molecule is CNCc1sccc1S(=O)(=O)Nc1cccc(Cl)c1Cl. The highest BCUT2D eigenvalue weighted by Crippen LogP contribution is 2.32. The van der Waals surface area contributed by atoms with Crippen LogP contribution in [-0.2, 0) is 16.6 Å². The highest BCUT2D eigenvalue weighted by atomic mass is 35.5. The van der Waals surface area contributed by atoms with Crippen LogP contribution in [0.5, 0.6) is 0 Å². The highest BCUT2D eigenvalue weighted by Gasteiger charge is 2.21. The van der Waals surface area contributed by atoms with Crippen LogP contribution in [0.4, 0.5) is 5.69 Å². The summed E-state index contributed by atoms with van der Waals surface area (Å²) in [4.78, 5) is 0.978. The molecular formula is C12H12Cl2N2O2S2. The van der Waals surface area contributed by atoms with E-state index < -0.39 is 10.0 Å². The Kier molecular flexibility index (Phi) is 4.93. The number of anilines is 1. The maximum Gasteiger partial charge on any atom is 0.263 e. The summed E-state index contributed by atoms with van der Waals surface area (Å²) in [6.45, 7) is 0.483. The zero-order valence-corrected chi connectivity index (χ0v) is 13.6. The quantitative estimate of drug-likeness (QED) is 0.866. The van der Waals surface area contributed by atoms with Crippen LogP contribution < -0.4 is 10.0 Å². The monoisotopic (exact) mass is 350 g/mol. The third-order valence-electron chi connectivity index (χ3n) is 2.53. The van der Waals surface area contributed by atoms with Crippen LogP contribution in [0, 0.1) is 0 Å². The average molecular weight is 351 g/mol. The number of hydrogen-bond donors (Lipinski definition) is 2. The van der Waals surface area contributed by atoms with E-state index >= 15 is 0 Å². The van der Waals surface area contributed by atoms with Crippen LogP contribution in [0.3, 0.4) is 0 Å². The molecule has 0 bridgehead atoms. The van der Waals surface area contributed by atoms with Gasteiger partial charge in [0.1, 0.15) is 4.90 Å². The first-order chi connectivity index (χ1) is 9.45. The first-order valence-corrected chi connectivity index (χ1v) is 8.75. The van der Waals surface area contributed by atoms with Gasteiger partial charge < -0.3 is 5.32 Å². The molecule has 0 spiro atoms. The summed E-state index contributed by atoms with van der Waals surface area (Å²) >= 11 is 13.2. The molecule has 2 N–H and O–H groups in total. The first-order valence-electron chi connectivity index (χ1n) is 5.63. The van der Waals surface area contributed by atoms with E-state index in [9.17, 15) is 8.42 Å². The van der Waals surface area contributed by atoms with Gasteiger partial charge in [0.05, 0.1) is 15.7 Å². The normalized spacial score (nSPS) is 11.6. The summed E-state index contributed by atoms with van der Waals surface area (Å²) in [7, 11) is -1.92. The number of sulfonamides is 1. The molecule has 0 saturated carbocycles. The second kappa shape index (κ2) is 6.32. The van der Waals surface area contributed by atoms with Crippen LogP contribution in [0.15, 0.2) is 34.5 Å². The van der Waals surface area contributed by atoms with Crippen molar-refractivity contribution in [2.24, 2.45) is 0 Å². The number of hydrogen-bond acceptors (Lipinski definition) is 4. The molecule has 0 amide bonds. The molecule has 0 radical (unpaired) electrons. The predicted molar refractivity (Wildman–Crippen MR) is 84.4 cm³/mol. The molecule has 1 aromatic heterocycles. The van der Waals surface area contributed by atoms with Crippen molar-refractivity contribution >= 4 is 50.2 Å². The van der Waals surface area contributed by atoms with Gasteiger partial charge in [0.15, 0.2) is 0 Å². The molecule has 0 unspecified atom stereocenters. The third-order valence-corrected chi connectivity index (χ3v) is 5.85. The molecule has 8 heteroatoms. The lowest BCUT2D eigenvalue weighted by Crippen LogP contribution is -2.16. The van der Waals surface area contributed by atoms with Gasteiger partial charge in [-0.3, -0.25) is 4.72 Å². The third kappa shape index (κ3) is 3.27. The summed E-state index contributed by atoms with van der Waals surface area (Å²) in [5.41, 5.74) is 0.265. The lowest BCUT2D eigenvalue weighted by atomic mass is 10.3. The molecule has 0 aliphatic rings. The van der Waals surface area contributed by atoms with E-state index in [1.165, 1.54) is 11.3 Å². The first kappa shape index (κ1) is 15.6. The molecule has 20 heavy (non-hydrogen) atoms. The summed E-state index contributed by atoms with van der Waals surface area (Å²) in [6.07, 6.45) is 0. The molecule has 1 aromatic carbocycles. The largest absolute Gasteiger partial charge is 0.315 e. The van der Waals surface area contributed by atoms with Gasteiger partial charge in [-0.15, -0.1) is 11.3 Å². The van der Waals surface area contributed by atoms with Crippen LogP contribution in [0.25, 0.3) is 0 Å². The topological polar surface area (TPSA) is 58.2 Å². The smallest absolute Gasteiger partial charge is 0.263 e. The molecule has 0 aliphatic carbocycles. The molecule has 0 atom stereocenters. The van der Waals surface area contributed by atoms with Crippen LogP contribution in [0.1, 0.15) is 4.88 Å². The van der Waals surface area contributed by atoms with Crippen molar-refractivity contribution in [3.63, 3.8) is 0 Å². The van der Waals surface area contributed by atoms with Crippen LogP contribution in [0.2, 0.25) is 10.0 Å². The number of nitrogens with one attached hydrogen (secondary N) is 2. The lowest BCUT2D eigenvalue weighted by Gasteiger charge is -2.10. The predicted octanol–water partition coefficient (Wildman–Crippen LogP) is 3.58. The Morgan fingerprint density at radius 2 is 2.00 bits per heavy atom. The number of benzene rings is 1. The van der Waals surface area contributed by atoms with Crippen molar-refractivity contribution in [2.75, 3.05) is 11.8 Å². The lowest BCUT2D eigenvalue weighted by molar-refractivity contribution is 0.600. The minimum Gasteiger partial charge on any atom is -0.315 e. The standard InChI is InChI=1S/C12H12Cl2N2O2S2/c1-15-7-10-11(5-6-19-10)20(17,18)16-9-4-2-3-8(13)12(9)14/h2-6,15-16H,7H2,1H3. The second-order valence-electron chi connectivity index (χ2n) is 3.95. The average Bonchev–Trinajstić information content (AvgIpc) is 2.84. The summed E-state index contributed by atoms with van der Waals surface area (Å²) in [5, 5.41) is 5.16. The molecule has 1 heterocycles. The van der Waals surface area contributed by atoms with Gasteiger partial charge in [-0.1, -0.05) is 29.3 Å². The molecule has 2 rings (SSSR count). The van der Waals surface area contributed by atoms with Crippen molar-refractivity contribution in [2.45, 2.75) is 11.4 Å². The van der Waals surface area contributed by atoms with Gasteiger partial charge in [-0.2, -0.15) is 0 Å². The summed E-state index contributed by atoms with van der Waals surface area (Å²) < 4.78 is 27.2. The zero-order valence-electron chi connectivity index (χ0n) is 10.5. The fourth-order valence-electron chi connectivity index (χ4n) is 1.64. The van der Waals surface area contributed by atoms with Crippen LogP contribution in [-0.4, -0.2) is 15.5 Å². The molecule has 0 fully saturated rings. The fourth-order valence-corrected chi connectivity index (χ4v) is 4.57. The molecular weight excluding hydrogens is 339 g/mol. The Hall–Kier alpha value is -0.790. The summed E-state index contributed by atoms with van der Waals surface area (Å²) in [5.74, 6) is 0. The van der Waals surface area contributed by atoms with E-state index in [2.05, 4.69) is 10.0 Å². The number of halogens is 2. The minimum absolute atomic E-state index is 0.183. The Balaban J connectivity index is 2.36. The minimum atomic E-state index is -3.68. The second-order valence-corrected chi connectivity index (χ2v) is 7.38. The zero-order chi connectivity index (χ0) is 14.8. The number of rotatable bonds is 5. The Bertz CT molecular complexity index is 714. The maximum atomic E-state index is 12.4. The van der Waals surface area contributed by atoms with E-state index in [0.29, 0.717) is 11.6 Å². The Morgan fingerprint density at radius 3 is 2.70 bits per heavy atom. The van der Waals surface area contributed by atoms with E-state index in [1.54, 1.807) is 36.7 Å². The molecule has 2 aromatic rings. The van der Waals surface area contributed by atoms with Crippen molar-refractivity contribution in [3.05, 3.63) is 44.6 Å². The number of thiophene rings is 1. The van der Waals surface area contributed by atoms with E-state index in [4.69, 9.17) is 23.2 Å². The van der Waals surface area contributed by atoms with Crippen molar-refractivity contribution < 1.29 is 8.42 Å². The fraction of sp³-hybridized carbons (Fsp3) is 0.167. The molecule has 108 valence electrons. The van der Waals surface area contributed by atoms with E-state index in [0.717, 1.165) is 4.88 Å². The Morgan fingerprint density at radius 1 is 1.25 bits per heavy atom. The highest BCUT2D eigenvalue weighted by molar-refractivity contribution is 7.93. The molecule has 4 nitrogen and oxygen atoms in total. The van der Waals surface area contributed by atoms with Crippen molar-refractivity contribution in [3.8, 4) is 0 Å². The maximum absolute atomic E-state index is 12.4. The molecule has 0 saturated heterocycles. The van der Waals surface area contributed by atoms with E-state index in [-0.39, 0.29) is 15.6 Å². The summed E-state index contributed by atoms with van der Waals surface area (Å²) in [6, 6.07) is 6.36. The Labute approximate surface area is 131 Å². The van der Waals surface area contributed by atoms with Gasteiger partial charge >= 0.3 is 0 Å². The van der Waals surface area contributed by atoms with Gasteiger partial charge in [-0.25, -0.2) is 8.42 Å². The van der Waals surface area contributed by atoms with Gasteiger partial charge in [0.2, 0.25) is 0 Å². The van der Waals surface area contributed by atoms with Crippen molar-refractivity contribution in [1.82, 2.24) is 5.32 Å². The van der Waals surface area contributed by atoms with Crippen LogP contribution >= 0.6 is 34.5 Å². The van der Waals surface area contributed by atoms with Gasteiger partial charge in [0.25, 0.3) is 10.0 Å².